The summed E-state index contributed by atoms with van der Waals surface area (Å²) in [6.45, 7) is 0.775. The lowest BCUT2D eigenvalue weighted by atomic mass is 10.2. The molecule has 0 aromatic heterocycles. The molecule has 7 heteroatoms. The fraction of sp³-hybridized carbons (Fsp3) is 0.0800. The van der Waals surface area contributed by atoms with Crippen molar-refractivity contribution in [3.63, 3.8) is 0 Å². The molecule has 32 heavy (non-hydrogen) atoms. The number of hydrogen-bond acceptors (Lipinski definition) is 5. The minimum atomic E-state index is -0.814. The van der Waals surface area contributed by atoms with Crippen LogP contribution in [0.5, 0.6) is 11.5 Å². The standard InChI is InChI=1S/C25H22N2O5/c1-18(28)26-23(16-19-8-4-2-5-9-19)25(30)31-17-24(29)27-20-12-14-22(15-13-20)32-21-10-6-3-7-11-21/h2-16H,17H2,1H3,(H,26,28)(H,27,29)/b23-16-. The lowest BCUT2D eigenvalue weighted by Crippen LogP contribution is -2.28. The number of nitrogens with one attached hydrogen (secondary N) is 2. The van der Waals surface area contributed by atoms with E-state index in [1.807, 2.05) is 36.4 Å². The minimum absolute atomic E-state index is 0.0566. The van der Waals surface area contributed by atoms with Crippen LogP contribution in [0.3, 0.4) is 0 Å². The molecule has 0 aliphatic carbocycles. The molecule has 2 N–H and O–H groups in total. The van der Waals surface area contributed by atoms with Crippen molar-refractivity contribution < 1.29 is 23.9 Å². The van der Waals surface area contributed by atoms with Crippen LogP contribution in [-0.2, 0) is 19.1 Å². The van der Waals surface area contributed by atoms with Crippen molar-refractivity contribution in [2.45, 2.75) is 6.92 Å². The topological polar surface area (TPSA) is 93.7 Å². The Morgan fingerprint density at radius 2 is 1.41 bits per heavy atom. The third-order valence-corrected chi connectivity index (χ3v) is 4.09. The van der Waals surface area contributed by atoms with Crippen LogP contribution in [0.4, 0.5) is 5.69 Å². The first-order chi connectivity index (χ1) is 15.5. The van der Waals surface area contributed by atoms with Crippen LogP contribution in [0, 0.1) is 0 Å². The SMILES string of the molecule is CC(=O)N/C(=C\c1ccccc1)C(=O)OCC(=O)Nc1ccc(Oc2ccccc2)cc1. The Labute approximate surface area is 185 Å². The van der Waals surface area contributed by atoms with E-state index in [2.05, 4.69) is 10.6 Å². The van der Waals surface area contributed by atoms with Gasteiger partial charge in [-0.2, -0.15) is 0 Å². The van der Waals surface area contributed by atoms with Gasteiger partial charge in [0, 0.05) is 12.6 Å². The summed E-state index contributed by atoms with van der Waals surface area (Å²) in [4.78, 5) is 35.9. The van der Waals surface area contributed by atoms with E-state index >= 15 is 0 Å². The first kappa shape index (κ1) is 22.3. The number of para-hydroxylation sites is 1. The summed E-state index contributed by atoms with van der Waals surface area (Å²) in [7, 11) is 0. The Morgan fingerprint density at radius 1 is 0.812 bits per heavy atom. The molecular weight excluding hydrogens is 408 g/mol. The lowest BCUT2D eigenvalue weighted by molar-refractivity contribution is -0.144. The molecule has 0 saturated carbocycles. The predicted molar refractivity (Wildman–Crippen MR) is 121 cm³/mol. The average molecular weight is 430 g/mol. The molecule has 3 aromatic carbocycles. The molecule has 0 atom stereocenters. The molecule has 0 aliphatic rings. The van der Waals surface area contributed by atoms with Gasteiger partial charge in [-0.15, -0.1) is 0 Å². The van der Waals surface area contributed by atoms with Crippen LogP contribution in [-0.4, -0.2) is 24.4 Å². The van der Waals surface area contributed by atoms with Crippen LogP contribution < -0.4 is 15.4 Å². The van der Waals surface area contributed by atoms with Gasteiger partial charge in [0.2, 0.25) is 5.91 Å². The first-order valence-electron chi connectivity index (χ1n) is 9.84. The van der Waals surface area contributed by atoms with Gasteiger partial charge < -0.3 is 20.1 Å². The van der Waals surface area contributed by atoms with Crippen molar-refractivity contribution in [2.75, 3.05) is 11.9 Å². The van der Waals surface area contributed by atoms with Crippen molar-refractivity contribution in [1.82, 2.24) is 5.32 Å². The van der Waals surface area contributed by atoms with E-state index < -0.39 is 24.4 Å². The highest BCUT2D eigenvalue weighted by Gasteiger charge is 2.15. The first-order valence-corrected chi connectivity index (χ1v) is 9.84. The van der Waals surface area contributed by atoms with E-state index in [1.54, 1.807) is 48.5 Å². The molecule has 0 spiro atoms. The Bertz CT molecular complexity index is 1090. The maximum absolute atomic E-state index is 12.4. The third kappa shape index (κ3) is 7.14. The van der Waals surface area contributed by atoms with Gasteiger partial charge in [-0.3, -0.25) is 9.59 Å². The van der Waals surface area contributed by atoms with E-state index in [9.17, 15) is 14.4 Å². The third-order valence-electron chi connectivity index (χ3n) is 4.09. The minimum Gasteiger partial charge on any atom is -0.457 e. The van der Waals surface area contributed by atoms with Crippen LogP contribution in [0.1, 0.15) is 12.5 Å². The van der Waals surface area contributed by atoms with E-state index in [-0.39, 0.29) is 5.70 Å². The monoisotopic (exact) mass is 430 g/mol. The van der Waals surface area contributed by atoms with Crippen molar-refractivity contribution in [2.24, 2.45) is 0 Å². The van der Waals surface area contributed by atoms with Gasteiger partial charge in [-0.25, -0.2) is 4.79 Å². The summed E-state index contributed by atoms with van der Waals surface area (Å²) < 4.78 is 10.8. The molecule has 0 bridgehead atoms. The van der Waals surface area contributed by atoms with Crippen molar-refractivity contribution >= 4 is 29.5 Å². The maximum atomic E-state index is 12.4. The Balaban J connectivity index is 1.54. The van der Waals surface area contributed by atoms with Gasteiger partial charge in [0.05, 0.1) is 0 Å². The fourth-order valence-corrected chi connectivity index (χ4v) is 2.69. The molecule has 162 valence electrons. The smallest absolute Gasteiger partial charge is 0.355 e. The molecule has 3 aromatic rings. The Hall–Kier alpha value is -4.39. The molecule has 2 amide bonds. The highest BCUT2D eigenvalue weighted by atomic mass is 16.5. The molecule has 0 aliphatic heterocycles. The van der Waals surface area contributed by atoms with E-state index in [4.69, 9.17) is 9.47 Å². The van der Waals surface area contributed by atoms with Gasteiger partial charge >= 0.3 is 5.97 Å². The summed E-state index contributed by atoms with van der Waals surface area (Å²) in [5, 5.41) is 5.07. The molecule has 0 unspecified atom stereocenters. The predicted octanol–water partition coefficient (Wildman–Crippen LogP) is 4.14. The van der Waals surface area contributed by atoms with Gasteiger partial charge in [-0.1, -0.05) is 48.5 Å². The summed E-state index contributed by atoms with van der Waals surface area (Å²) in [5.74, 6) is -0.435. The zero-order chi connectivity index (χ0) is 22.8. The van der Waals surface area contributed by atoms with Crippen molar-refractivity contribution in [3.05, 3.63) is 96.2 Å². The number of esters is 1. The molecule has 3 rings (SSSR count). The molecule has 7 nitrogen and oxygen atoms in total. The number of amides is 2. The second kappa shape index (κ2) is 11.1. The highest BCUT2D eigenvalue weighted by Crippen LogP contribution is 2.22. The lowest BCUT2D eigenvalue weighted by Gasteiger charge is -2.10. The Morgan fingerprint density at radius 3 is 2.03 bits per heavy atom. The van der Waals surface area contributed by atoms with Gasteiger partial charge in [0.25, 0.3) is 5.91 Å². The number of carbonyl (C=O) groups is 3. The summed E-state index contributed by atoms with van der Waals surface area (Å²) in [5.41, 5.74) is 1.17. The molecule has 0 heterocycles. The summed E-state index contributed by atoms with van der Waals surface area (Å²) in [6.07, 6.45) is 1.48. The van der Waals surface area contributed by atoms with E-state index in [1.165, 1.54) is 13.0 Å². The van der Waals surface area contributed by atoms with Crippen molar-refractivity contribution in [1.29, 1.82) is 0 Å². The molecular formula is C25H22N2O5. The van der Waals surface area contributed by atoms with E-state index in [0.717, 1.165) is 0 Å². The molecule has 0 fully saturated rings. The normalized spacial score (nSPS) is 10.7. The summed E-state index contributed by atoms with van der Waals surface area (Å²) >= 11 is 0. The van der Waals surface area contributed by atoms with Crippen LogP contribution >= 0.6 is 0 Å². The average Bonchev–Trinajstić information content (AvgIpc) is 2.79. The number of anilines is 1. The Kier molecular flexibility index (Phi) is 7.75. The number of benzene rings is 3. The zero-order valence-electron chi connectivity index (χ0n) is 17.4. The summed E-state index contributed by atoms with van der Waals surface area (Å²) in [6, 6.07) is 25.1. The maximum Gasteiger partial charge on any atom is 0.355 e. The fourth-order valence-electron chi connectivity index (χ4n) is 2.69. The van der Waals surface area contributed by atoms with Gasteiger partial charge in [-0.05, 0) is 48.0 Å². The van der Waals surface area contributed by atoms with Crippen LogP contribution in [0.15, 0.2) is 90.6 Å². The second-order valence-corrected chi connectivity index (χ2v) is 6.71. The molecule has 0 saturated heterocycles. The van der Waals surface area contributed by atoms with Gasteiger partial charge in [0.15, 0.2) is 6.61 Å². The quantitative estimate of drug-likeness (QED) is 0.414. The van der Waals surface area contributed by atoms with Crippen LogP contribution in [0.2, 0.25) is 0 Å². The number of ether oxygens (including phenoxy) is 2. The number of carbonyl (C=O) groups excluding carboxylic acids is 3. The number of hydrogen-bond donors (Lipinski definition) is 2. The second-order valence-electron chi connectivity index (χ2n) is 6.71. The van der Waals surface area contributed by atoms with E-state index in [0.29, 0.717) is 22.7 Å². The van der Waals surface area contributed by atoms with Gasteiger partial charge in [0.1, 0.15) is 17.2 Å². The van der Waals surface area contributed by atoms with Crippen molar-refractivity contribution in [3.8, 4) is 11.5 Å². The molecule has 0 radical (unpaired) electrons. The van der Waals surface area contributed by atoms with Crippen LogP contribution in [0.25, 0.3) is 6.08 Å². The highest BCUT2D eigenvalue weighted by molar-refractivity contribution is 5.99. The number of rotatable bonds is 8. The zero-order valence-corrected chi connectivity index (χ0v) is 17.4. The largest absolute Gasteiger partial charge is 0.457 e.